The number of hydrogen-bond acceptors (Lipinski definition) is 0. The summed E-state index contributed by atoms with van der Waals surface area (Å²) in [5, 5.41) is 0. The molecule has 0 saturated carbocycles. The van der Waals surface area contributed by atoms with Crippen molar-refractivity contribution in [2.24, 2.45) is 0 Å². The van der Waals surface area contributed by atoms with E-state index in [1.165, 1.54) is 0 Å². The average Bonchev–Trinajstić information content (AvgIpc) is 0. The van der Waals surface area contributed by atoms with E-state index in [-0.39, 0.29) is 73.5 Å². The van der Waals surface area contributed by atoms with E-state index in [1.54, 1.807) is 0 Å². The first-order chi connectivity index (χ1) is 0. The third-order valence-corrected chi connectivity index (χ3v) is 0. The molecule has 0 heterocycles. The molecular formula is H3AlCrCuTi. The van der Waals surface area contributed by atoms with Crippen LogP contribution in [0.5, 0.6) is 0 Å². The molecule has 0 spiro atoms. The van der Waals surface area contributed by atoms with Gasteiger partial charge < -0.3 is 0 Å². The van der Waals surface area contributed by atoms with Gasteiger partial charge in [0.1, 0.15) is 0 Å². The van der Waals surface area contributed by atoms with Crippen molar-refractivity contribution in [1.29, 1.82) is 0 Å². The van der Waals surface area contributed by atoms with Crippen LogP contribution in [0.2, 0.25) is 0 Å². The van der Waals surface area contributed by atoms with E-state index >= 15 is 0 Å². The molecule has 0 N–H and O–H groups in total. The molecule has 0 amide bonds. The summed E-state index contributed by atoms with van der Waals surface area (Å²) in [6, 6.07) is 0. The van der Waals surface area contributed by atoms with Gasteiger partial charge in [-0.05, 0) is 0 Å². The SMILES string of the molecule is [AlH3].[Cr].[Cu].[Ti]. The van der Waals surface area contributed by atoms with Crippen LogP contribution < -0.4 is 0 Å². The molecule has 0 aromatic rings. The molecule has 0 nitrogen and oxygen atoms in total. The third kappa shape index (κ3) is 8.85. The van der Waals surface area contributed by atoms with Crippen LogP contribution >= 0.6 is 0 Å². The second-order valence-corrected chi connectivity index (χ2v) is 0. The fourth-order valence-electron chi connectivity index (χ4n) is 0. The number of rotatable bonds is 0. The monoisotopic (exact) mass is 193 g/mol. The molecule has 4 heteroatoms. The van der Waals surface area contributed by atoms with Crippen LogP contribution in [0.3, 0.4) is 0 Å². The first kappa shape index (κ1) is 33.5. The van der Waals surface area contributed by atoms with Crippen LogP contribution in [0.25, 0.3) is 0 Å². The molecule has 0 aromatic heterocycles. The Labute approximate surface area is 72.7 Å². The Hall–Kier alpha value is 2.30. The molecular weight excluding hydrogens is 190 g/mol. The van der Waals surface area contributed by atoms with Crippen molar-refractivity contribution >= 4 is 17.4 Å². The molecule has 0 aromatic carbocycles. The van der Waals surface area contributed by atoms with Crippen molar-refractivity contribution in [3.63, 3.8) is 0 Å². The Morgan fingerprint density at radius 1 is 1.00 bits per heavy atom. The van der Waals surface area contributed by atoms with E-state index in [0.717, 1.165) is 0 Å². The molecule has 0 fully saturated rings. The van der Waals surface area contributed by atoms with E-state index in [4.69, 9.17) is 0 Å². The summed E-state index contributed by atoms with van der Waals surface area (Å²) in [4.78, 5) is 0. The zero-order chi connectivity index (χ0) is 0. The second-order valence-electron chi connectivity index (χ2n) is 0. The van der Waals surface area contributed by atoms with E-state index in [2.05, 4.69) is 0 Å². The second kappa shape index (κ2) is 18.5. The Bertz CT molecular complexity index is 8.00. The van der Waals surface area contributed by atoms with Crippen molar-refractivity contribution in [2.45, 2.75) is 0 Å². The molecule has 0 unspecified atom stereocenters. The van der Waals surface area contributed by atoms with Crippen molar-refractivity contribution in [3.05, 3.63) is 0 Å². The van der Waals surface area contributed by atoms with Gasteiger partial charge in [-0.1, -0.05) is 0 Å². The minimum atomic E-state index is 0. The Morgan fingerprint density at radius 2 is 1.00 bits per heavy atom. The molecule has 0 aliphatic heterocycles. The van der Waals surface area contributed by atoms with Gasteiger partial charge in [0, 0.05) is 56.1 Å². The molecule has 0 aliphatic rings. The first-order valence-electron chi connectivity index (χ1n) is 0. The quantitative estimate of drug-likeness (QED) is 0.425. The van der Waals surface area contributed by atoms with Gasteiger partial charge in [0.25, 0.3) is 0 Å². The molecule has 0 atom stereocenters. The summed E-state index contributed by atoms with van der Waals surface area (Å²) in [6.45, 7) is 0. The minimum Gasteiger partial charge on any atom is 0 e. The van der Waals surface area contributed by atoms with Crippen molar-refractivity contribution in [1.82, 2.24) is 0 Å². The Balaban J connectivity index is 0. The summed E-state index contributed by atoms with van der Waals surface area (Å²) in [7, 11) is 0. The molecule has 0 aliphatic carbocycles. The Morgan fingerprint density at radius 3 is 1.00 bits per heavy atom. The summed E-state index contributed by atoms with van der Waals surface area (Å²) in [5.74, 6) is 0. The average molecular weight is 193 g/mol. The van der Waals surface area contributed by atoms with Gasteiger partial charge in [0.2, 0.25) is 0 Å². The maximum atomic E-state index is 0. The largest absolute Gasteiger partial charge is 0.187 e. The maximum Gasteiger partial charge on any atom is 0.187 e. The first-order valence-corrected chi connectivity index (χ1v) is 0. The predicted molar refractivity (Wildman–Crippen MR) is 9.94 cm³/mol. The van der Waals surface area contributed by atoms with Gasteiger partial charge in [-0.25, -0.2) is 0 Å². The molecule has 27 valence electrons. The van der Waals surface area contributed by atoms with E-state index in [1.807, 2.05) is 0 Å². The molecule has 0 saturated heterocycles. The van der Waals surface area contributed by atoms with Gasteiger partial charge in [0.05, 0.1) is 0 Å². The zero-order valence-electron chi connectivity index (χ0n) is 1.21. The van der Waals surface area contributed by atoms with Crippen molar-refractivity contribution in [3.8, 4) is 0 Å². The van der Waals surface area contributed by atoms with E-state index < -0.39 is 0 Å². The molecule has 4 heavy (non-hydrogen) atoms. The van der Waals surface area contributed by atoms with Gasteiger partial charge in [-0.3, -0.25) is 0 Å². The molecule has 1 radical (unpaired) electrons. The normalized spacial score (nSPS) is 0. The zero-order valence-corrected chi connectivity index (χ0v) is 4.99. The van der Waals surface area contributed by atoms with Crippen LogP contribution in [-0.2, 0) is 56.1 Å². The van der Waals surface area contributed by atoms with Crippen molar-refractivity contribution < 1.29 is 56.1 Å². The maximum absolute atomic E-state index is 0. The summed E-state index contributed by atoms with van der Waals surface area (Å²) in [6.07, 6.45) is 0. The molecule has 0 bridgehead atoms. The van der Waals surface area contributed by atoms with Crippen LogP contribution in [0, 0.1) is 0 Å². The van der Waals surface area contributed by atoms with Gasteiger partial charge in [-0.15, -0.1) is 0 Å². The van der Waals surface area contributed by atoms with E-state index in [0.29, 0.717) is 0 Å². The van der Waals surface area contributed by atoms with Gasteiger partial charge in [-0.2, -0.15) is 0 Å². The minimum absolute atomic E-state index is 0. The van der Waals surface area contributed by atoms with Crippen LogP contribution in [0.4, 0.5) is 0 Å². The Kier molecular flexibility index (Phi) is 155. The fraction of sp³-hybridized carbons (Fsp3) is 0. The summed E-state index contributed by atoms with van der Waals surface area (Å²) < 4.78 is 0. The van der Waals surface area contributed by atoms with Crippen LogP contribution in [0.1, 0.15) is 0 Å². The van der Waals surface area contributed by atoms with Crippen molar-refractivity contribution in [2.75, 3.05) is 0 Å². The van der Waals surface area contributed by atoms with Crippen LogP contribution in [-0.4, -0.2) is 17.4 Å². The fourth-order valence-corrected chi connectivity index (χ4v) is 0. The smallest absolute Gasteiger partial charge is 0 e. The third-order valence-electron chi connectivity index (χ3n) is 0. The number of hydrogen-bond donors (Lipinski definition) is 0. The van der Waals surface area contributed by atoms with E-state index in [9.17, 15) is 0 Å². The van der Waals surface area contributed by atoms with Gasteiger partial charge >= 0.3 is 0 Å². The standard InChI is InChI=1S/Al.Cr.Cu.Ti.3H. The summed E-state index contributed by atoms with van der Waals surface area (Å²) in [5.41, 5.74) is 0. The topological polar surface area (TPSA) is 0 Å². The van der Waals surface area contributed by atoms with Gasteiger partial charge in [0.15, 0.2) is 17.4 Å². The summed E-state index contributed by atoms with van der Waals surface area (Å²) >= 11 is 0. The molecule has 0 rings (SSSR count). The van der Waals surface area contributed by atoms with Crippen LogP contribution in [0.15, 0.2) is 0 Å². The predicted octanol–water partition coefficient (Wildman–Crippen LogP) is -1.19.